The third-order valence-electron chi connectivity index (χ3n) is 2.30. The average Bonchev–Trinajstić information content (AvgIpc) is 2.31. The van der Waals surface area contributed by atoms with Crippen LogP contribution < -0.4 is 11.5 Å². The second-order valence-electron chi connectivity index (χ2n) is 3.57. The topological polar surface area (TPSA) is 52.0 Å². The molecule has 17 heavy (non-hydrogen) atoms. The molecule has 0 aliphatic heterocycles. The van der Waals surface area contributed by atoms with Crippen molar-refractivity contribution in [1.82, 2.24) is 0 Å². The van der Waals surface area contributed by atoms with Crippen LogP contribution in [0.25, 0.3) is 0 Å². The van der Waals surface area contributed by atoms with Crippen LogP contribution in [0.3, 0.4) is 0 Å². The van der Waals surface area contributed by atoms with Gasteiger partial charge in [0, 0.05) is 22.0 Å². The number of halogens is 1. The lowest BCUT2D eigenvalue weighted by molar-refractivity contribution is 1.60. The summed E-state index contributed by atoms with van der Waals surface area (Å²) in [6, 6.07) is 12.7. The molecule has 0 amide bonds. The molecule has 0 aliphatic carbocycles. The number of nitrogen functional groups attached to an aromatic ring is 2. The molecule has 84 valence electrons. The lowest BCUT2D eigenvalue weighted by atomic mass is 10.1. The fourth-order valence-electron chi connectivity index (χ4n) is 1.40. The van der Waals surface area contributed by atoms with E-state index in [1.807, 2.05) is 12.1 Å². The minimum Gasteiger partial charge on any atom is -0.398 e. The van der Waals surface area contributed by atoms with Gasteiger partial charge in [0.1, 0.15) is 0 Å². The van der Waals surface area contributed by atoms with Crippen molar-refractivity contribution in [3.8, 4) is 11.8 Å². The highest BCUT2D eigenvalue weighted by molar-refractivity contribution is 6.30. The van der Waals surface area contributed by atoms with Gasteiger partial charge in [0.05, 0.1) is 5.56 Å². The molecule has 0 aromatic heterocycles. The van der Waals surface area contributed by atoms with Crippen LogP contribution in [-0.4, -0.2) is 0 Å². The second-order valence-corrected chi connectivity index (χ2v) is 4.00. The Bertz CT molecular complexity index is 572. The summed E-state index contributed by atoms with van der Waals surface area (Å²) in [6.45, 7) is 0. The van der Waals surface area contributed by atoms with Gasteiger partial charge in [-0.1, -0.05) is 29.5 Å². The van der Waals surface area contributed by atoms with E-state index in [4.69, 9.17) is 23.1 Å². The number of anilines is 2. The summed E-state index contributed by atoms with van der Waals surface area (Å²) in [7, 11) is 0. The molecule has 2 aromatic rings. The van der Waals surface area contributed by atoms with E-state index in [9.17, 15) is 0 Å². The van der Waals surface area contributed by atoms with E-state index in [1.165, 1.54) is 0 Å². The molecule has 3 heteroatoms. The van der Waals surface area contributed by atoms with Gasteiger partial charge in [0.15, 0.2) is 0 Å². The third-order valence-corrected chi connectivity index (χ3v) is 2.56. The maximum Gasteiger partial charge on any atom is 0.0707 e. The molecule has 2 rings (SSSR count). The van der Waals surface area contributed by atoms with E-state index in [0.29, 0.717) is 22.0 Å². The number of rotatable bonds is 0. The first-order valence-electron chi connectivity index (χ1n) is 5.08. The van der Waals surface area contributed by atoms with E-state index in [-0.39, 0.29) is 0 Å². The summed E-state index contributed by atoms with van der Waals surface area (Å²) in [5, 5.41) is 0.689. The van der Waals surface area contributed by atoms with Gasteiger partial charge >= 0.3 is 0 Å². The second kappa shape index (κ2) is 4.82. The number of hydrogen-bond acceptors (Lipinski definition) is 2. The van der Waals surface area contributed by atoms with Crippen molar-refractivity contribution in [2.75, 3.05) is 11.5 Å². The maximum absolute atomic E-state index is 5.81. The molecule has 2 aromatic carbocycles. The normalized spacial score (nSPS) is 9.47. The molecule has 2 nitrogen and oxygen atoms in total. The third kappa shape index (κ3) is 2.72. The number of nitrogens with two attached hydrogens (primary N) is 2. The first-order valence-corrected chi connectivity index (χ1v) is 5.46. The highest BCUT2D eigenvalue weighted by Crippen LogP contribution is 2.17. The summed E-state index contributed by atoms with van der Waals surface area (Å²) >= 11 is 5.79. The Morgan fingerprint density at radius 2 is 1.41 bits per heavy atom. The van der Waals surface area contributed by atoms with Crippen molar-refractivity contribution < 1.29 is 0 Å². The zero-order valence-corrected chi connectivity index (χ0v) is 9.83. The standard InChI is InChI=1S/C14H11ClN2/c15-11-7-4-10(5-8-11)6-9-12-13(16)2-1-3-14(12)17/h1-5,7-8H,16-17H2. The quantitative estimate of drug-likeness (QED) is 0.551. The maximum atomic E-state index is 5.81. The molecule has 4 N–H and O–H groups in total. The van der Waals surface area contributed by atoms with Gasteiger partial charge < -0.3 is 11.5 Å². The summed E-state index contributed by atoms with van der Waals surface area (Å²) in [6.07, 6.45) is 0. The van der Waals surface area contributed by atoms with Crippen molar-refractivity contribution in [2.24, 2.45) is 0 Å². The Morgan fingerprint density at radius 3 is 2.00 bits per heavy atom. The molecule has 0 saturated heterocycles. The Labute approximate surface area is 105 Å². The molecule has 0 radical (unpaired) electrons. The monoisotopic (exact) mass is 242 g/mol. The van der Waals surface area contributed by atoms with Crippen molar-refractivity contribution in [1.29, 1.82) is 0 Å². The van der Waals surface area contributed by atoms with Crippen molar-refractivity contribution in [3.63, 3.8) is 0 Å². The Kier molecular flexibility index (Phi) is 3.22. The van der Waals surface area contributed by atoms with Crippen LogP contribution in [-0.2, 0) is 0 Å². The molecule has 0 unspecified atom stereocenters. The first-order chi connectivity index (χ1) is 8.16. The zero-order valence-electron chi connectivity index (χ0n) is 9.07. The number of benzene rings is 2. The molecule has 0 fully saturated rings. The van der Waals surface area contributed by atoms with Gasteiger partial charge in [0.25, 0.3) is 0 Å². The smallest absolute Gasteiger partial charge is 0.0707 e. The van der Waals surface area contributed by atoms with Gasteiger partial charge in [-0.2, -0.15) is 0 Å². The van der Waals surface area contributed by atoms with Crippen molar-refractivity contribution in [2.45, 2.75) is 0 Å². The Balaban J connectivity index is 2.36. The van der Waals surface area contributed by atoms with Crippen LogP contribution in [0.5, 0.6) is 0 Å². The lowest BCUT2D eigenvalue weighted by Crippen LogP contribution is -1.95. The van der Waals surface area contributed by atoms with Gasteiger partial charge in [-0.25, -0.2) is 0 Å². The van der Waals surface area contributed by atoms with Crippen LogP contribution in [0.1, 0.15) is 11.1 Å². The van der Waals surface area contributed by atoms with E-state index >= 15 is 0 Å². The van der Waals surface area contributed by atoms with Crippen LogP contribution >= 0.6 is 11.6 Å². The van der Waals surface area contributed by atoms with Crippen LogP contribution in [0.4, 0.5) is 11.4 Å². The van der Waals surface area contributed by atoms with E-state index in [2.05, 4.69) is 11.8 Å². The minimum atomic E-state index is 0.589. The zero-order chi connectivity index (χ0) is 12.3. The van der Waals surface area contributed by atoms with Crippen LogP contribution in [0.15, 0.2) is 42.5 Å². The molecule has 0 aliphatic rings. The molecule has 0 heterocycles. The predicted octanol–water partition coefficient (Wildman–Crippen LogP) is 2.90. The van der Waals surface area contributed by atoms with Gasteiger partial charge in [-0.3, -0.25) is 0 Å². The molecular formula is C14H11ClN2. The Morgan fingerprint density at radius 1 is 0.824 bits per heavy atom. The van der Waals surface area contributed by atoms with E-state index < -0.39 is 0 Å². The minimum absolute atomic E-state index is 0.589. The van der Waals surface area contributed by atoms with Gasteiger partial charge in [0.2, 0.25) is 0 Å². The fraction of sp³-hybridized carbons (Fsp3) is 0. The van der Waals surface area contributed by atoms with Crippen LogP contribution in [0.2, 0.25) is 5.02 Å². The summed E-state index contributed by atoms with van der Waals surface area (Å²) in [5.41, 5.74) is 14.3. The molecule has 0 saturated carbocycles. The van der Waals surface area contributed by atoms with Crippen molar-refractivity contribution >= 4 is 23.0 Å². The van der Waals surface area contributed by atoms with Gasteiger partial charge in [-0.15, -0.1) is 0 Å². The average molecular weight is 243 g/mol. The highest BCUT2D eigenvalue weighted by Gasteiger charge is 1.98. The Hall–Kier alpha value is -2.11. The van der Waals surface area contributed by atoms with Gasteiger partial charge in [-0.05, 0) is 36.4 Å². The highest BCUT2D eigenvalue weighted by atomic mass is 35.5. The molecule has 0 atom stereocenters. The predicted molar refractivity (Wildman–Crippen MR) is 72.7 cm³/mol. The summed E-state index contributed by atoms with van der Waals surface area (Å²) in [5.74, 6) is 5.98. The van der Waals surface area contributed by atoms with E-state index in [0.717, 1.165) is 5.56 Å². The lowest BCUT2D eigenvalue weighted by Gasteiger charge is -2.01. The molecule has 0 spiro atoms. The molecular weight excluding hydrogens is 232 g/mol. The number of hydrogen-bond donors (Lipinski definition) is 2. The largest absolute Gasteiger partial charge is 0.398 e. The summed E-state index contributed by atoms with van der Waals surface area (Å²) in [4.78, 5) is 0. The summed E-state index contributed by atoms with van der Waals surface area (Å²) < 4.78 is 0. The SMILES string of the molecule is Nc1cccc(N)c1C#Cc1ccc(Cl)cc1. The van der Waals surface area contributed by atoms with Crippen molar-refractivity contribution in [3.05, 3.63) is 58.6 Å². The van der Waals surface area contributed by atoms with E-state index in [1.54, 1.807) is 30.3 Å². The first kappa shape index (κ1) is 11.4. The fourth-order valence-corrected chi connectivity index (χ4v) is 1.53. The molecule has 0 bridgehead atoms. The van der Waals surface area contributed by atoms with Crippen LogP contribution in [0, 0.1) is 11.8 Å².